The Balaban J connectivity index is 1.92. The van der Waals surface area contributed by atoms with Gasteiger partial charge in [0.05, 0.1) is 0 Å². The summed E-state index contributed by atoms with van der Waals surface area (Å²) >= 11 is 2.11. The second-order valence-corrected chi connectivity index (χ2v) is 7.15. The third-order valence-electron chi connectivity index (χ3n) is 4.37. The lowest BCUT2D eigenvalue weighted by Gasteiger charge is -2.38. The van der Waals surface area contributed by atoms with Crippen LogP contribution in [0.5, 0.6) is 0 Å². The van der Waals surface area contributed by atoms with Crippen LogP contribution in [0.3, 0.4) is 0 Å². The normalized spacial score (nSPS) is 25.6. The number of benzene rings is 1. The van der Waals surface area contributed by atoms with Crippen LogP contribution in [0.15, 0.2) is 30.3 Å². The molecule has 1 aromatic carbocycles. The predicted octanol–water partition coefficient (Wildman–Crippen LogP) is 3.55. The third-order valence-corrected chi connectivity index (χ3v) is 5.71. The SMILES string of the molecule is CCNC(CCN1CCSC(C)C1C)c1ccccc1. The third kappa shape index (κ3) is 4.24. The van der Waals surface area contributed by atoms with Crippen molar-refractivity contribution in [3.63, 3.8) is 0 Å². The molecule has 0 aromatic heterocycles. The second kappa shape index (κ2) is 8.06. The Labute approximate surface area is 128 Å². The fraction of sp³-hybridized carbons (Fsp3) is 0.647. The first-order valence-electron chi connectivity index (χ1n) is 7.86. The molecule has 0 aliphatic carbocycles. The van der Waals surface area contributed by atoms with Crippen molar-refractivity contribution in [2.24, 2.45) is 0 Å². The average molecular weight is 292 g/mol. The molecule has 1 aliphatic rings. The molecular formula is C17H28N2S. The molecule has 0 saturated carbocycles. The number of nitrogens with one attached hydrogen (secondary N) is 1. The zero-order valence-electron chi connectivity index (χ0n) is 13.0. The number of hydrogen-bond acceptors (Lipinski definition) is 3. The highest BCUT2D eigenvalue weighted by atomic mass is 32.2. The summed E-state index contributed by atoms with van der Waals surface area (Å²) in [6, 6.07) is 12.0. The van der Waals surface area contributed by atoms with Crippen molar-refractivity contribution in [2.75, 3.05) is 25.4 Å². The molecule has 0 spiro atoms. The van der Waals surface area contributed by atoms with Crippen molar-refractivity contribution in [1.82, 2.24) is 10.2 Å². The van der Waals surface area contributed by atoms with Gasteiger partial charge in [0.2, 0.25) is 0 Å². The van der Waals surface area contributed by atoms with E-state index in [2.05, 4.69) is 73.1 Å². The molecule has 1 N–H and O–H groups in total. The van der Waals surface area contributed by atoms with Gasteiger partial charge in [-0.05, 0) is 25.5 Å². The quantitative estimate of drug-likeness (QED) is 0.863. The minimum atomic E-state index is 0.485. The first-order valence-corrected chi connectivity index (χ1v) is 8.91. The van der Waals surface area contributed by atoms with Crippen LogP contribution in [0.25, 0.3) is 0 Å². The summed E-state index contributed by atoms with van der Waals surface area (Å²) < 4.78 is 0. The van der Waals surface area contributed by atoms with Crippen LogP contribution in [0.4, 0.5) is 0 Å². The lowest BCUT2D eigenvalue weighted by atomic mass is 10.0. The second-order valence-electron chi connectivity index (χ2n) is 5.66. The van der Waals surface area contributed by atoms with Crippen molar-refractivity contribution >= 4 is 11.8 Å². The summed E-state index contributed by atoms with van der Waals surface area (Å²) in [4.78, 5) is 2.66. The molecule has 0 amide bonds. The van der Waals surface area contributed by atoms with E-state index in [-0.39, 0.29) is 0 Å². The van der Waals surface area contributed by atoms with Crippen LogP contribution in [0.2, 0.25) is 0 Å². The van der Waals surface area contributed by atoms with Gasteiger partial charge in [-0.3, -0.25) is 4.90 Å². The molecule has 0 bridgehead atoms. The zero-order valence-corrected chi connectivity index (χ0v) is 13.8. The van der Waals surface area contributed by atoms with E-state index in [9.17, 15) is 0 Å². The molecule has 1 fully saturated rings. The van der Waals surface area contributed by atoms with Gasteiger partial charge in [-0.25, -0.2) is 0 Å². The van der Waals surface area contributed by atoms with Crippen molar-refractivity contribution in [1.29, 1.82) is 0 Å². The smallest absolute Gasteiger partial charge is 0.0332 e. The Hall–Kier alpha value is -0.510. The standard InChI is InChI=1S/C17H28N2S/c1-4-18-17(16-8-6-5-7-9-16)10-11-19-12-13-20-15(3)14(19)2/h5-9,14-15,17-18H,4,10-13H2,1-3H3. The van der Waals surface area contributed by atoms with Crippen molar-refractivity contribution in [3.05, 3.63) is 35.9 Å². The van der Waals surface area contributed by atoms with Gasteiger partial charge < -0.3 is 5.32 Å². The van der Waals surface area contributed by atoms with E-state index < -0.39 is 0 Å². The fourth-order valence-electron chi connectivity index (χ4n) is 2.92. The van der Waals surface area contributed by atoms with E-state index in [0.717, 1.165) is 11.8 Å². The van der Waals surface area contributed by atoms with Crippen LogP contribution >= 0.6 is 11.8 Å². The molecule has 2 nitrogen and oxygen atoms in total. The van der Waals surface area contributed by atoms with Gasteiger partial charge in [-0.1, -0.05) is 44.2 Å². The lowest BCUT2D eigenvalue weighted by Crippen LogP contribution is -2.45. The summed E-state index contributed by atoms with van der Waals surface area (Å²) in [6.07, 6.45) is 1.19. The van der Waals surface area contributed by atoms with E-state index in [1.165, 1.54) is 30.8 Å². The molecule has 0 radical (unpaired) electrons. The Morgan fingerprint density at radius 2 is 2.05 bits per heavy atom. The van der Waals surface area contributed by atoms with Gasteiger partial charge in [0.1, 0.15) is 0 Å². The van der Waals surface area contributed by atoms with E-state index in [1.807, 2.05) is 0 Å². The largest absolute Gasteiger partial charge is 0.310 e. The molecule has 1 aliphatic heterocycles. The van der Waals surface area contributed by atoms with Crippen LogP contribution < -0.4 is 5.32 Å². The predicted molar refractivity (Wildman–Crippen MR) is 90.4 cm³/mol. The Morgan fingerprint density at radius 3 is 2.75 bits per heavy atom. The summed E-state index contributed by atoms with van der Waals surface area (Å²) in [5.41, 5.74) is 1.42. The Bertz CT molecular complexity index is 382. The highest BCUT2D eigenvalue weighted by molar-refractivity contribution is 8.00. The molecule has 20 heavy (non-hydrogen) atoms. The molecule has 1 saturated heterocycles. The number of nitrogens with zero attached hydrogens (tertiary/aromatic N) is 1. The summed E-state index contributed by atoms with van der Waals surface area (Å²) in [6.45, 7) is 10.4. The molecule has 1 aromatic rings. The topological polar surface area (TPSA) is 15.3 Å². The maximum Gasteiger partial charge on any atom is 0.0332 e. The van der Waals surface area contributed by atoms with Crippen LogP contribution in [-0.4, -0.2) is 41.6 Å². The molecular weight excluding hydrogens is 264 g/mol. The van der Waals surface area contributed by atoms with Gasteiger partial charge in [-0.15, -0.1) is 0 Å². The van der Waals surface area contributed by atoms with Gasteiger partial charge >= 0.3 is 0 Å². The molecule has 3 unspecified atom stereocenters. The van der Waals surface area contributed by atoms with E-state index in [4.69, 9.17) is 0 Å². The Kier molecular flexibility index (Phi) is 6.40. The molecule has 112 valence electrons. The summed E-state index contributed by atoms with van der Waals surface area (Å²) in [5, 5.41) is 4.39. The highest BCUT2D eigenvalue weighted by Crippen LogP contribution is 2.25. The number of thioether (sulfide) groups is 1. The van der Waals surface area contributed by atoms with Gasteiger partial charge in [0.25, 0.3) is 0 Å². The number of rotatable bonds is 6. The molecule has 1 heterocycles. The van der Waals surface area contributed by atoms with Crippen LogP contribution in [0.1, 0.15) is 38.8 Å². The summed E-state index contributed by atoms with van der Waals surface area (Å²) in [5.74, 6) is 1.28. The van der Waals surface area contributed by atoms with Crippen LogP contribution in [-0.2, 0) is 0 Å². The van der Waals surface area contributed by atoms with E-state index in [0.29, 0.717) is 12.1 Å². The lowest BCUT2D eigenvalue weighted by molar-refractivity contribution is 0.202. The number of hydrogen-bond donors (Lipinski definition) is 1. The van der Waals surface area contributed by atoms with E-state index >= 15 is 0 Å². The molecule has 3 atom stereocenters. The minimum Gasteiger partial charge on any atom is -0.310 e. The van der Waals surface area contributed by atoms with Gasteiger partial charge in [-0.2, -0.15) is 11.8 Å². The van der Waals surface area contributed by atoms with Gasteiger partial charge in [0, 0.05) is 36.2 Å². The summed E-state index contributed by atoms with van der Waals surface area (Å²) in [7, 11) is 0. The zero-order chi connectivity index (χ0) is 14.4. The van der Waals surface area contributed by atoms with Crippen molar-refractivity contribution in [2.45, 2.75) is 44.5 Å². The first-order chi connectivity index (χ1) is 9.72. The molecule has 3 heteroatoms. The maximum atomic E-state index is 3.63. The minimum absolute atomic E-state index is 0.485. The average Bonchev–Trinajstić information content (AvgIpc) is 2.48. The maximum absolute atomic E-state index is 3.63. The van der Waals surface area contributed by atoms with Crippen molar-refractivity contribution < 1.29 is 0 Å². The van der Waals surface area contributed by atoms with Crippen molar-refractivity contribution in [3.8, 4) is 0 Å². The van der Waals surface area contributed by atoms with E-state index in [1.54, 1.807) is 0 Å². The molecule has 2 rings (SSSR count). The fourth-order valence-corrected chi connectivity index (χ4v) is 4.09. The Morgan fingerprint density at radius 1 is 1.30 bits per heavy atom. The van der Waals surface area contributed by atoms with Crippen LogP contribution in [0, 0.1) is 0 Å². The monoisotopic (exact) mass is 292 g/mol. The van der Waals surface area contributed by atoms with Gasteiger partial charge in [0.15, 0.2) is 0 Å². The first kappa shape index (κ1) is 15.9. The highest BCUT2D eigenvalue weighted by Gasteiger charge is 2.25.